The summed E-state index contributed by atoms with van der Waals surface area (Å²) < 4.78 is 10.3. The second-order valence-electron chi connectivity index (χ2n) is 7.91. The molecule has 10 nitrogen and oxygen atoms in total. The van der Waals surface area contributed by atoms with E-state index in [0.29, 0.717) is 16.2 Å². The molecule has 0 aromatic heterocycles. The van der Waals surface area contributed by atoms with Crippen LogP contribution in [0.5, 0.6) is 5.75 Å². The van der Waals surface area contributed by atoms with Crippen LogP contribution >= 0.6 is 0 Å². The van der Waals surface area contributed by atoms with Crippen LogP contribution in [0.4, 0.5) is 5.69 Å². The van der Waals surface area contributed by atoms with Crippen molar-refractivity contribution in [3.63, 3.8) is 0 Å². The minimum absolute atomic E-state index is 0.105. The van der Waals surface area contributed by atoms with E-state index in [1.807, 2.05) is 0 Å². The number of nitrogens with zero attached hydrogens (tertiary/aromatic N) is 2. The smallest absolute Gasteiger partial charge is 0.330 e. The molecule has 36 heavy (non-hydrogen) atoms. The van der Waals surface area contributed by atoms with E-state index in [4.69, 9.17) is 9.47 Å². The maximum atomic E-state index is 13.2. The molecule has 0 fully saturated rings. The topological polar surface area (TPSA) is 133 Å². The van der Waals surface area contributed by atoms with Crippen molar-refractivity contribution in [2.75, 3.05) is 13.7 Å². The lowest BCUT2D eigenvalue weighted by Crippen LogP contribution is -2.47. The third-order valence-corrected chi connectivity index (χ3v) is 5.71. The number of nitro benzene ring substituents is 1. The predicted molar refractivity (Wildman–Crippen MR) is 126 cm³/mol. The minimum atomic E-state index is -1.45. The molecule has 0 saturated heterocycles. The van der Waals surface area contributed by atoms with Gasteiger partial charge < -0.3 is 9.47 Å². The molecule has 0 radical (unpaired) electrons. The van der Waals surface area contributed by atoms with E-state index in [-0.39, 0.29) is 23.1 Å². The molecule has 0 unspecified atom stereocenters. The van der Waals surface area contributed by atoms with Crippen molar-refractivity contribution in [1.82, 2.24) is 4.90 Å². The minimum Gasteiger partial charge on any atom is -0.497 e. The summed E-state index contributed by atoms with van der Waals surface area (Å²) in [6.45, 7) is -0.638. The Labute approximate surface area is 205 Å². The highest BCUT2D eigenvalue weighted by Crippen LogP contribution is 2.33. The van der Waals surface area contributed by atoms with E-state index in [2.05, 4.69) is 0 Å². The quantitative estimate of drug-likeness (QED) is 0.147. The number of hydrogen-bond acceptors (Lipinski definition) is 8. The van der Waals surface area contributed by atoms with Crippen LogP contribution in [0.3, 0.4) is 0 Å². The number of rotatable bonds is 9. The summed E-state index contributed by atoms with van der Waals surface area (Å²) in [4.78, 5) is 63.5. The first-order valence-corrected chi connectivity index (χ1v) is 10.8. The largest absolute Gasteiger partial charge is 0.497 e. The highest BCUT2D eigenvalue weighted by atomic mass is 16.6. The number of benzene rings is 3. The molecule has 0 spiro atoms. The zero-order chi connectivity index (χ0) is 25.8. The van der Waals surface area contributed by atoms with E-state index in [9.17, 15) is 29.3 Å². The molecule has 4 rings (SSSR count). The molecule has 10 heteroatoms. The molecule has 0 bridgehead atoms. The maximum absolute atomic E-state index is 13.2. The molecule has 0 saturated carbocycles. The van der Waals surface area contributed by atoms with Gasteiger partial charge in [0.2, 0.25) is 0 Å². The van der Waals surface area contributed by atoms with Gasteiger partial charge in [-0.3, -0.25) is 29.4 Å². The van der Waals surface area contributed by atoms with Gasteiger partial charge in [-0.2, -0.15) is 0 Å². The zero-order valence-corrected chi connectivity index (χ0v) is 19.1. The number of carbonyl (C=O) groups excluding carboxylic acids is 4. The number of Topliss-reactive ketones (excluding diaryl/α,β-unsaturated/α-hetero) is 1. The van der Waals surface area contributed by atoms with Gasteiger partial charge in [0.05, 0.1) is 17.6 Å². The number of ketones is 1. The maximum Gasteiger partial charge on any atom is 0.330 e. The van der Waals surface area contributed by atoms with Crippen molar-refractivity contribution in [1.29, 1.82) is 0 Å². The van der Waals surface area contributed by atoms with Crippen LogP contribution in [0.15, 0.2) is 72.8 Å². The molecule has 2 amide bonds. The first-order chi connectivity index (χ1) is 17.3. The van der Waals surface area contributed by atoms with E-state index in [1.54, 1.807) is 42.5 Å². The molecular weight excluding hydrogens is 468 g/mol. The standard InChI is InChI=1S/C26H20N2O8/c1-35-18-10-5-9-17(14-18)22(29)15-36-26(32)21(13-16-7-3-2-4-8-16)27-24(30)19-11-6-12-20(28(33)34)23(19)25(27)31/h2-12,14,21H,13,15H2,1H3/t21-/m1/s1. The van der Waals surface area contributed by atoms with Crippen molar-refractivity contribution < 1.29 is 33.6 Å². The summed E-state index contributed by atoms with van der Waals surface area (Å²) >= 11 is 0. The number of ether oxygens (including phenoxy) is 2. The summed E-state index contributed by atoms with van der Waals surface area (Å²) in [7, 11) is 1.45. The van der Waals surface area contributed by atoms with Gasteiger partial charge in [-0.1, -0.05) is 48.5 Å². The molecule has 0 aliphatic carbocycles. The van der Waals surface area contributed by atoms with Gasteiger partial charge in [0.15, 0.2) is 12.4 Å². The van der Waals surface area contributed by atoms with Crippen molar-refractivity contribution in [2.45, 2.75) is 12.5 Å². The van der Waals surface area contributed by atoms with Crippen LogP contribution in [0, 0.1) is 10.1 Å². The fraction of sp³-hybridized carbons (Fsp3) is 0.154. The molecular formula is C26H20N2O8. The van der Waals surface area contributed by atoms with E-state index < -0.39 is 46.8 Å². The molecule has 1 atom stereocenters. The Hall–Kier alpha value is -4.86. The highest BCUT2D eigenvalue weighted by molar-refractivity contribution is 6.24. The Morgan fingerprint density at radius 2 is 1.69 bits per heavy atom. The van der Waals surface area contributed by atoms with Crippen LogP contribution < -0.4 is 4.74 Å². The first-order valence-electron chi connectivity index (χ1n) is 10.8. The van der Waals surface area contributed by atoms with Crippen LogP contribution in [0.25, 0.3) is 0 Å². The SMILES string of the molecule is COc1cccc(C(=O)COC(=O)[C@@H](Cc2ccccc2)N2C(=O)c3cccc([N+](=O)[O-])c3C2=O)c1. The molecule has 0 N–H and O–H groups in total. The normalized spacial score (nSPS) is 13.2. The summed E-state index contributed by atoms with van der Waals surface area (Å²) in [5.74, 6) is -2.89. The Kier molecular flexibility index (Phi) is 6.86. The third kappa shape index (κ3) is 4.69. The summed E-state index contributed by atoms with van der Waals surface area (Å²) in [6.07, 6.45) is -0.105. The zero-order valence-electron chi connectivity index (χ0n) is 19.1. The van der Waals surface area contributed by atoms with E-state index in [0.717, 1.165) is 6.07 Å². The third-order valence-electron chi connectivity index (χ3n) is 5.71. The summed E-state index contributed by atoms with van der Waals surface area (Å²) in [5.41, 5.74) is -0.227. The van der Waals surface area contributed by atoms with Crippen LogP contribution in [0.2, 0.25) is 0 Å². The number of carbonyl (C=O) groups is 4. The second kappa shape index (κ2) is 10.2. The Balaban J connectivity index is 1.62. The van der Waals surface area contributed by atoms with Gasteiger partial charge in [-0.25, -0.2) is 4.79 Å². The number of hydrogen-bond donors (Lipinski definition) is 0. The van der Waals surface area contributed by atoms with Gasteiger partial charge in [0.1, 0.15) is 17.4 Å². The van der Waals surface area contributed by atoms with Gasteiger partial charge in [-0.15, -0.1) is 0 Å². The lowest BCUT2D eigenvalue weighted by Gasteiger charge is -2.24. The van der Waals surface area contributed by atoms with Crippen molar-refractivity contribution in [3.05, 3.63) is 105 Å². The molecule has 3 aromatic carbocycles. The molecule has 1 heterocycles. The fourth-order valence-corrected chi connectivity index (χ4v) is 3.95. The Morgan fingerprint density at radius 1 is 0.972 bits per heavy atom. The van der Waals surface area contributed by atoms with Crippen molar-refractivity contribution in [2.24, 2.45) is 0 Å². The number of nitro groups is 1. The Morgan fingerprint density at radius 3 is 2.39 bits per heavy atom. The number of fused-ring (bicyclic) bond motifs is 1. The van der Waals surface area contributed by atoms with Crippen LogP contribution in [-0.4, -0.2) is 53.1 Å². The van der Waals surface area contributed by atoms with Crippen molar-refractivity contribution in [3.8, 4) is 5.75 Å². The summed E-state index contributed by atoms with van der Waals surface area (Å²) in [6, 6.07) is 17.1. The second-order valence-corrected chi connectivity index (χ2v) is 7.91. The van der Waals surface area contributed by atoms with Gasteiger partial charge in [-0.05, 0) is 23.8 Å². The van der Waals surface area contributed by atoms with Gasteiger partial charge in [0, 0.05) is 18.1 Å². The predicted octanol–water partition coefficient (Wildman–Crippen LogP) is 3.24. The first kappa shape index (κ1) is 24.3. The highest BCUT2D eigenvalue weighted by Gasteiger charge is 2.47. The van der Waals surface area contributed by atoms with Gasteiger partial charge in [0.25, 0.3) is 17.5 Å². The number of methoxy groups -OCH3 is 1. The number of imide groups is 1. The molecule has 1 aliphatic heterocycles. The average molecular weight is 488 g/mol. The lowest BCUT2D eigenvalue weighted by atomic mass is 10.0. The summed E-state index contributed by atoms with van der Waals surface area (Å²) in [5, 5.41) is 11.5. The number of esters is 1. The fourth-order valence-electron chi connectivity index (χ4n) is 3.95. The molecule has 3 aromatic rings. The van der Waals surface area contributed by atoms with E-state index in [1.165, 1.54) is 31.4 Å². The molecule has 1 aliphatic rings. The Bertz CT molecular complexity index is 1370. The van der Waals surface area contributed by atoms with Crippen LogP contribution in [-0.2, 0) is 16.0 Å². The monoisotopic (exact) mass is 488 g/mol. The average Bonchev–Trinajstić information content (AvgIpc) is 3.15. The lowest BCUT2D eigenvalue weighted by molar-refractivity contribution is -0.385. The van der Waals surface area contributed by atoms with E-state index >= 15 is 0 Å². The molecule has 182 valence electrons. The van der Waals surface area contributed by atoms with Crippen LogP contribution in [0.1, 0.15) is 36.6 Å². The van der Waals surface area contributed by atoms with Crippen molar-refractivity contribution >= 4 is 29.3 Å². The van der Waals surface area contributed by atoms with Gasteiger partial charge >= 0.3 is 5.97 Å². The number of amides is 2.